The molecule has 0 radical (unpaired) electrons. The highest BCUT2D eigenvalue weighted by Gasteiger charge is 2.09. The molecular formula is C18H24FN3OS. The summed E-state index contributed by atoms with van der Waals surface area (Å²) < 4.78 is 13.0. The van der Waals surface area contributed by atoms with Crippen molar-refractivity contribution in [1.82, 2.24) is 15.1 Å². The van der Waals surface area contributed by atoms with Crippen molar-refractivity contribution < 1.29 is 9.18 Å². The fraction of sp³-hybridized carbons (Fsp3) is 0.444. The molecule has 0 atom stereocenters. The van der Waals surface area contributed by atoms with Gasteiger partial charge in [0.15, 0.2) is 0 Å². The summed E-state index contributed by atoms with van der Waals surface area (Å²) in [6.07, 6.45) is 2.32. The standard InChI is InChI=1S/C18H24FN3OS/c1-3-24-12-10-18(23)22(2)11-4-5-16-13-17(21-20-16)14-6-8-15(19)9-7-14/h6-9,13H,3-5,10-12H2,1-2H3,(H,20,21). The van der Waals surface area contributed by atoms with Crippen LogP contribution in [0.3, 0.4) is 0 Å². The van der Waals surface area contributed by atoms with Gasteiger partial charge in [0.2, 0.25) is 5.91 Å². The molecule has 1 aromatic heterocycles. The maximum absolute atomic E-state index is 13.0. The van der Waals surface area contributed by atoms with Gasteiger partial charge in [-0.2, -0.15) is 16.9 Å². The summed E-state index contributed by atoms with van der Waals surface area (Å²) in [7, 11) is 1.86. The van der Waals surface area contributed by atoms with Gasteiger partial charge in [-0.3, -0.25) is 9.89 Å². The zero-order chi connectivity index (χ0) is 17.4. The number of H-pyrrole nitrogens is 1. The number of hydrogen-bond acceptors (Lipinski definition) is 3. The Balaban J connectivity index is 1.77. The molecule has 0 unspecified atom stereocenters. The largest absolute Gasteiger partial charge is 0.346 e. The summed E-state index contributed by atoms with van der Waals surface area (Å²) in [6, 6.07) is 8.28. The van der Waals surface area contributed by atoms with E-state index in [1.807, 2.05) is 13.1 Å². The molecule has 1 aromatic carbocycles. The van der Waals surface area contributed by atoms with Crippen LogP contribution in [0.1, 0.15) is 25.5 Å². The van der Waals surface area contributed by atoms with Gasteiger partial charge in [-0.1, -0.05) is 6.92 Å². The number of hydrogen-bond donors (Lipinski definition) is 1. The number of rotatable bonds is 9. The Kier molecular flexibility index (Phi) is 7.31. The van der Waals surface area contributed by atoms with Gasteiger partial charge in [0.25, 0.3) is 0 Å². The molecule has 1 amide bonds. The Hall–Kier alpha value is -1.82. The van der Waals surface area contributed by atoms with Gasteiger partial charge in [0.1, 0.15) is 5.82 Å². The number of carbonyl (C=O) groups is 1. The number of nitrogens with one attached hydrogen (secondary N) is 1. The van der Waals surface area contributed by atoms with Gasteiger partial charge < -0.3 is 4.90 Å². The molecule has 24 heavy (non-hydrogen) atoms. The van der Waals surface area contributed by atoms with Gasteiger partial charge in [0.05, 0.1) is 5.69 Å². The number of halogens is 1. The minimum atomic E-state index is -0.250. The fourth-order valence-electron chi connectivity index (χ4n) is 2.38. The number of amides is 1. The molecular weight excluding hydrogens is 325 g/mol. The monoisotopic (exact) mass is 349 g/mol. The molecule has 0 aliphatic rings. The molecule has 2 aromatic rings. The van der Waals surface area contributed by atoms with Crippen LogP contribution in [0.25, 0.3) is 11.3 Å². The average Bonchev–Trinajstić information content (AvgIpc) is 3.04. The van der Waals surface area contributed by atoms with Crippen molar-refractivity contribution >= 4 is 17.7 Å². The lowest BCUT2D eigenvalue weighted by Gasteiger charge is -2.16. The van der Waals surface area contributed by atoms with Crippen LogP contribution in [0.4, 0.5) is 4.39 Å². The summed E-state index contributed by atoms with van der Waals surface area (Å²) >= 11 is 1.79. The van der Waals surface area contributed by atoms with Gasteiger partial charge in [0, 0.05) is 37.0 Å². The lowest BCUT2D eigenvalue weighted by atomic mass is 10.1. The number of carbonyl (C=O) groups excluding carboxylic acids is 1. The zero-order valence-electron chi connectivity index (χ0n) is 14.2. The molecule has 0 aliphatic carbocycles. The number of benzene rings is 1. The summed E-state index contributed by atoms with van der Waals surface area (Å²) in [6.45, 7) is 2.84. The second-order valence-electron chi connectivity index (χ2n) is 5.65. The fourth-order valence-corrected chi connectivity index (χ4v) is 2.99. The third-order valence-corrected chi connectivity index (χ3v) is 4.70. The first-order chi connectivity index (χ1) is 11.6. The second-order valence-corrected chi connectivity index (χ2v) is 7.04. The van der Waals surface area contributed by atoms with Crippen molar-refractivity contribution in [2.75, 3.05) is 25.1 Å². The Morgan fingerprint density at radius 2 is 2.08 bits per heavy atom. The van der Waals surface area contributed by atoms with E-state index in [0.29, 0.717) is 6.42 Å². The molecule has 1 N–H and O–H groups in total. The molecule has 6 heteroatoms. The topological polar surface area (TPSA) is 49.0 Å². The Labute approximate surface area is 146 Å². The number of aryl methyl sites for hydroxylation is 1. The highest BCUT2D eigenvalue weighted by Crippen LogP contribution is 2.18. The SMILES string of the molecule is CCSCCC(=O)N(C)CCCc1cc(-c2ccc(F)cc2)n[nH]1. The molecule has 4 nitrogen and oxygen atoms in total. The van der Waals surface area contributed by atoms with Gasteiger partial charge in [-0.05, 0) is 48.9 Å². The maximum atomic E-state index is 13.0. The van der Waals surface area contributed by atoms with Gasteiger partial charge in [-0.25, -0.2) is 4.39 Å². The van der Waals surface area contributed by atoms with E-state index in [9.17, 15) is 9.18 Å². The van der Waals surface area contributed by atoms with Crippen molar-refractivity contribution in [2.45, 2.75) is 26.2 Å². The second kappa shape index (κ2) is 9.47. The quantitative estimate of drug-likeness (QED) is 0.702. The third-order valence-electron chi connectivity index (χ3n) is 3.80. The Morgan fingerprint density at radius 3 is 2.79 bits per heavy atom. The molecule has 1 heterocycles. The first kappa shape index (κ1) is 18.5. The van der Waals surface area contributed by atoms with Gasteiger partial charge >= 0.3 is 0 Å². The van der Waals surface area contributed by atoms with Crippen LogP contribution >= 0.6 is 11.8 Å². The van der Waals surface area contributed by atoms with E-state index < -0.39 is 0 Å². The summed E-state index contributed by atoms with van der Waals surface area (Å²) in [5, 5.41) is 7.28. The van der Waals surface area contributed by atoms with E-state index in [1.165, 1.54) is 12.1 Å². The first-order valence-electron chi connectivity index (χ1n) is 8.22. The van der Waals surface area contributed by atoms with E-state index in [-0.39, 0.29) is 11.7 Å². The molecule has 0 bridgehead atoms. The predicted molar refractivity (Wildman–Crippen MR) is 97.6 cm³/mol. The number of aromatic nitrogens is 2. The van der Waals surface area contributed by atoms with E-state index in [0.717, 1.165) is 47.8 Å². The van der Waals surface area contributed by atoms with Crippen LogP contribution in [0.5, 0.6) is 0 Å². The third kappa shape index (κ3) is 5.67. The highest BCUT2D eigenvalue weighted by molar-refractivity contribution is 7.99. The highest BCUT2D eigenvalue weighted by atomic mass is 32.2. The average molecular weight is 349 g/mol. The molecule has 0 fully saturated rings. The van der Waals surface area contributed by atoms with E-state index in [2.05, 4.69) is 17.1 Å². The molecule has 0 aliphatic heterocycles. The minimum Gasteiger partial charge on any atom is -0.346 e. The van der Waals surface area contributed by atoms with Crippen molar-refractivity contribution in [3.05, 3.63) is 41.8 Å². The zero-order valence-corrected chi connectivity index (χ0v) is 15.0. The van der Waals surface area contributed by atoms with Crippen LogP contribution < -0.4 is 0 Å². The molecule has 0 saturated carbocycles. The summed E-state index contributed by atoms with van der Waals surface area (Å²) in [5.74, 6) is 1.89. The molecule has 2 rings (SSSR count). The number of nitrogens with zero attached hydrogens (tertiary/aromatic N) is 2. The van der Waals surface area contributed by atoms with Crippen LogP contribution in [-0.2, 0) is 11.2 Å². The Morgan fingerprint density at radius 1 is 1.33 bits per heavy atom. The normalized spacial score (nSPS) is 10.8. The van der Waals surface area contributed by atoms with Crippen molar-refractivity contribution in [2.24, 2.45) is 0 Å². The smallest absolute Gasteiger partial charge is 0.223 e. The van der Waals surface area contributed by atoms with Crippen LogP contribution in [0.2, 0.25) is 0 Å². The first-order valence-corrected chi connectivity index (χ1v) is 9.37. The minimum absolute atomic E-state index is 0.201. The summed E-state index contributed by atoms with van der Waals surface area (Å²) in [5.41, 5.74) is 2.72. The molecule has 0 saturated heterocycles. The predicted octanol–water partition coefficient (Wildman–Crippen LogP) is 3.75. The van der Waals surface area contributed by atoms with Gasteiger partial charge in [-0.15, -0.1) is 0 Å². The Bertz CT molecular complexity index is 642. The van der Waals surface area contributed by atoms with E-state index in [4.69, 9.17) is 0 Å². The number of aromatic amines is 1. The maximum Gasteiger partial charge on any atom is 0.223 e. The van der Waals surface area contributed by atoms with E-state index in [1.54, 1.807) is 28.8 Å². The summed E-state index contributed by atoms with van der Waals surface area (Å²) in [4.78, 5) is 13.7. The van der Waals surface area contributed by atoms with Crippen molar-refractivity contribution in [3.63, 3.8) is 0 Å². The lowest BCUT2D eigenvalue weighted by Crippen LogP contribution is -2.28. The number of thioether (sulfide) groups is 1. The van der Waals surface area contributed by atoms with Crippen LogP contribution in [0.15, 0.2) is 30.3 Å². The van der Waals surface area contributed by atoms with E-state index >= 15 is 0 Å². The molecule has 0 spiro atoms. The lowest BCUT2D eigenvalue weighted by molar-refractivity contribution is -0.129. The van der Waals surface area contributed by atoms with Crippen LogP contribution in [-0.4, -0.2) is 46.1 Å². The van der Waals surface area contributed by atoms with Crippen molar-refractivity contribution in [3.8, 4) is 11.3 Å². The molecule has 130 valence electrons. The van der Waals surface area contributed by atoms with Crippen LogP contribution in [0, 0.1) is 5.82 Å². The van der Waals surface area contributed by atoms with Crippen molar-refractivity contribution in [1.29, 1.82) is 0 Å².